The second-order valence-electron chi connectivity index (χ2n) is 3.77. The summed E-state index contributed by atoms with van der Waals surface area (Å²) in [7, 11) is 0. The van der Waals surface area contributed by atoms with Crippen LogP contribution in [0.25, 0.3) is 0 Å². The zero-order valence-electron chi connectivity index (χ0n) is 10.5. The number of halogens is 1. The van der Waals surface area contributed by atoms with E-state index in [1.165, 1.54) is 12.1 Å². The fraction of sp³-hybridized carbons (Fsp3) is 0.0714. The Morgan fingerprint density at radius 2 is 2.00 bits per heavy atom. The van der Waals surface area contributed by atoms with Crippen molar-refractivity contribution in [2.45, 2.75) is 6.92 Å². The number of carbonyl (C=O) groups excluding carboxylic acids is 1. The molecule has 0 heterocycles. The maximum absolute atomic E-state index is 13.0. The topological polar surface area (TPSA) is 63.2 Å². The Labute approximate surface area is 123 Å². The Bertz CT molecular complexity index is 626. The second kappa shape index (κ2) is 8.30. The van der Waals surface area contributed by atoms with E-state index in [1.807, 2.05) is 0 Å². The predicted octanol–water partition coefficient (Wildman–Crippen LogP) is 2.95. The van der Waals surface area contributed by atoms with Gasteiger partial charge < -0.3 is 5.32 Å². The SMILES string of the molecule is Cc1cc(NC(=O)c2c[c-]ccc2)ccc1F.[O]=[Tc+]=[O]. The number of rotatable bonds is 2. The van der Waals surface area contributed by atoms with E-state index in [0.29, 0.717) is 16.8 Å². The van der Waals surface area contributed by atoms with E-state index in [9.17, 15) is 9.18 Å². The molecule has 0 atom stereocenters. The van der Waals surface area contributed by atoms with Crippen molar-refractivity contribution < 1.29 is 33.8 Å². The number of carbonyl (C=O) groups is 1. The van der Waals surface area contributed by atoms with Gasteiger partial charge in [0.1, 0.15) is 5.82 Å². The van der Waals surface area contributed by atoms with Gasteiger partial charge in [0.15, 0.2) is 5.91 Å². The number of nitrogens with one attached hydrogen (secondary N) is 1. The van der Waals surface area contributed by atoms with Crippen LogP contribution in [0.2, 0.25) is 0 Å². The number of hydrogen-bond donors (Lipinski definition) is 1. The van der Waals surface area contributed by atoms with Crippen molar-refractivity contribution in [1.29, 1.82) is 0 Å². The van der Waals surface area contributed by atoms with Gasteiger partial charge in [0, 0.05) is 5.69 Å². The van der Waals surface area contributed by atoms with Crippen LogP contribution in [-0.4, -0.2) is 5.91 Å². The summed E-state index contributed by atoms with van der Waals surface area (Å²) in [6.07, 6.45) is 0. The molecule has 1 amide bonds. The molecule has 0 spiro atoms. The normalized spacial score (nSPS) is 9.10. The Kier molecular flexibility index (Phi) is 6.70. The Hall–Kier alpha value is -1.91. The molecule has 2 rings (SSSR count). The molecule has 6 heteroatoms. The van der Waals surface area contributed by atoms with Crippen LogP contribution >= 0.6 is 0 Å². The summed E-state index contributed by atoms with van der Waals surface area (Å²) in [5.41, 5.74) is 1.61. The third-order valence-electron chi connectivity index (χ3n) is 2.39. The molecule has 104 valence electrons. The van der Waals surface area contributed by atoms with E-state index in [4.69, 9.17) is 7.01 Å². The van der Waals surface area contributed by atoms with Crippen molar-refractivity contribution in [3.63, 3.8) is 0 Å². The first-order valence-corrected chi connectivity index (χ1v) is 7.03. The van der Waals surface area contributed by atoms with Gasteiger partial charge in [-0.05, 0) is 30.7 Å². The van der Waals surface area contributed by atoms with Gasteiger partial charge in [-0.25, -0.2) is 4.39 Å². The van der Waals surface area contributed by atoms with E-state index in [2.05, 4.69) is 11.4 Å². The molecule has 0 aromatic heterocycles. The molecule has 0 unspecified atom stereocenters. The summed E-state index contributed by atoms with van der Waals surface area (Å²) in [4.78, 5) is 11.8. The average molecular weight is 358 g/mol. The first-order chi connectivity index (χ1) is 9.58. The van der Waals surface area contributed by atoms with Gasteiger partial charge in [-0.3, -0.25) is 4.79 Å². The fourth-order valence-corrected chi connectivity index (χ4v) is 1.46. The molecule has 0 radical (unpaired) electrons. The van der Waals surface area contributed by atoms with E-state index in [1.54, 1.807) is 37.3 Å². The second-order valence-corrected chi connectivity index (χ2v) is 4.08. The quantitative estimate of drug-likeness (QED) is 0.840. The van der Waals surface area contributed by atoms with Gasteiger partial charge in [0.05, 0.1) is 0 Å². The Morgan fingerprint density at radius 1 is 1.30 bits per heavy atom. The first-order valence-electron chi connectivity index (χ1n) is 5.51. The molecule has 20 heavy (non-hydrogen) atoms. The molecule has 0 bridgehead atoms. The molecule has 0 aliphatic heterocycles. The summed E-state index contributed by atoms with van der Waals surface area (Å²) in [5.74, 6) is -0.510. The van der Waals surface area contributed by atoms with Gasteiger partial charge in [0.25, 0.3) is 0 Å². The van der Waals surface area contributed by atoms with Crippen LogP contribution in [0.15, 0.2) is 42.5 Å². The first kappa shape index (κ1) is 16.1. The van der Waals surface area contributed by atoms with Crippen LogP contribution in [0.5, 0.6) is 0 Å². The third kappa shape index (κ3) is 4.99. The van der Waals surface area contributed by atoms with Gasteiger partial charge in [-0.2, -0.15) is 30.3 Å². The fourth-order valence-electron chi connectivity index (χ4n) is 1.46. The zero-order chi connectivity index (χ0) is 15.0. The minimum atomic E-state index is -1.91. The molecule has 1 N–H and O–H groups in total. The van der Waals surface area contributed by atoms with Crippen LogP contribution in [0.1, 0.15) is 15.9 Å². The van der Waals surface area contributed by atoms with Crippen molar-refractivity contribution in [1.82, 2.24) is 0 Å². The standard InChI is InChI=1S/C14H11FNO.2O.Tc/c1-10-9-12(7-8-13(10)15)16-14(17)11-5-3-2-4-6-11;;;/h2-3,5-9H,1H3,(H,16,17);;;/q-1;;;+1. The molecule has 0 saturated carbocycles. The van der Waals surface area contributed by atoms with E-state index < -0.39 is 17.6 Å². The minimum absolute atomic E-state index is 0.229. The number of benzene rings is 2. The van der Waals surface area contributed by atoms with Crippen molar-refractivity contribution in [3.05, 3.63) is 65.5 Å². The number of hydrogen-bond acceptors (Lipinski definition) is 3. The molecule has 4 nitrogen and oxygen atoms in total. The molecule has 0 aliphatic rings. The van der Waals surface area contributed by atoms with Crippen molar-refractivity contribution in [2.75, 3.05) is 5.32 Å². The zero-order valence-corrected chi connectivity index (χ0v) is 12.4. The average Bonchev–Trinajstić information content (AvgIpc) is 2.45. The maximum atomic E-state index is 13.0. The summed E-state index contributed by atoms with van der Waals surface area (Å²) >= 11 is -1.91. The molecular formula is C14H11FNO3Tc. The van der Waals surface area contributed by atoms with Crippen LogP contribution in [0.4, 0.5) is 10.1 Å². The molecule has 0 aliphatic carbocycles. The predicted molar refractivity (Wildman–Crippen MR) is 65.7 cm³/mol. The summed E-state index contributed by atoms with van der Waals surface area (Å²) < 4.78 is 30.0. The van der Waals surface area contributed by atoms with E-state index in [-0.39, 0.29) is 11.7 Å². The van der Waals surface area contributed by atoms with Crippen LogP contribution < -0.4 is 5.32 Å². The summed E-state index contributed by atoms with van der Waals surface area (Å²) in [6.45, 7) is 1.65. The Morgan fingerprint density at radius 3 is 2.55 bits per heavy atom. The molecule has 2 aromatic rings. The van der Waals surface area contributed by atoms with Crippen molar-refractivity contribution in [2.24, 2.45) is 0 Å². The van der Waals surface area contributed by atoms with E-state index in [0.717, 1.165) is 0 Å². The van der Waals surface area contributed by atoms with Crippen LogP contribution in [0, 0.1) is 18.8 Å². The van der Waals surface area contributed by atoms with Crippen LogP contribution in [-0.2, 0) is 24.6 Å². The number of aryl methyl sites for hydroxylation is 1. The van der Waals surface area contributed by atoms with Gasteiger partial charge in [-0.15, -0.1) is 0 Å². The molecule has 0 fully saturated rings. The molecular weight excluding hydrogens is 347 g/mol. The Balaban J connectivity index is 0.000000612. The van der Waals surface area contributed by atoms with E-state index >= 15 is 0 Å². The third-order valence-corrected chi connectivity index (χ3v) is 2.39. The van der Waals surface area contributed by atoms with Gasteiger partial charge in [-0.1, -0.05) is 5.56 Å². The number of anilines is 1. The van der Waals surface area contributed by atoms with Crippen molar-refractivity contribution >= 4 is 11.6 Å². The monoisotopic (exact) mass is 357 g/mol. The molecule has 0 saturated heterocycles. The van der Waals surface area contributed by atoms with Gasteiger partial charge >= 0.3 is 24.6 Å². The molecule has 2 aromatic carbocycles. The van der Waals surface area contributed by atoms with Gasteiger partial charge in [0.2, 0.25) is 0 Å². The van der Waals surface area contributed by atoms with Crippen LogP contribution in [0.3, 0.4) is 0 Å². The summed E-state index contributed by atoms with van der Waals surface area (Å²) in [6, 6.07) is 14.1. The summed E-state index contributed by atoms with van der Waals surface area (Å²) in [5, 5.41) is 2.70. The van der Waals surface area contributed by atoms with Crippen molar-refractivity contribution in [3.8, 4) is 0 Å². The number of amides is 1.